The first-order chi connectivity index (χ1) is 9.58. The third-order valence-corrected chi connectivity index (χ3v) is 3.42. The third-order valence-electron chi connectivity index (χ3n) is 3.09. The Hall–Kier alpha value is -2.20. The molecule has 0 aliphatic heterocycles. The van der Waals surface area contributed by atoms with Crippen molar-refractivity contribution in [2.24, 2.45) is 0 Å². The molecule has 0 radical (unpaired) electrons. The molecule has 102 valence electrons. The molecule has 0 bridgehead atoms. The van der Waals surface area contributed by atoms with E-state index in [0.717, 1.165) is 16.7 Å². The number of aromatic nitrogens is 1. The second-order valence-electron chi connectivity index (χ2n) is 4.56. The number of methoxy groups -OCH3 is 1. The van der Waals surface area contributed by atoms with Gasteiger partial charge in [-0.3, -0.25) is 0 Å². The molecule has 3 aromatic rings. The summed E-state index contributed by atoms with van der Waals surface area (Å²) in [5.41, 5.74) is 9.55. The van der Waals surface area contributed by atoms with Gasteiger partial charge >= 0.3 is 0 Å². The highest BCUT2D eigenvalue weighted by atomic mass is 35.5. The van der Waals surface area contributed by atoms with Crippen molar-refractivity contribution in [1.29, 1.82) is 0 Å². The monoisotopic (exact) mass is 288 g/mol. The van der Waals surface area contributed by atoms with Gasteiger partial charge < -0.3 is 14.9 Å². The van der Waals surface area contributed by atoms with E-state index in [1.807, 2.05) is 25.1 Å². The van der Waals surface area contributed by atoms with Crippen molar-refractivity contribution in [3.8, 4) is 17.2 Å². The number of rotatable bonds is 2. The molecule has 0 aliphatic rings. The van der Waals surface area contributed by atoms with Gasteiger partial charge in [-0.2, -0.15) is 0 Å². The molecule has 0 spiro atoms. The maximum atomic E-state index is 6.07. The predicted octanol–water partition coefficient (Wildman–Crippen LogP) is 4.05. The van der Waals surface area contributed by atoms with Crippen LogP contribution in [0.1, 0.15) is 5.56 Å². The van der Waals surface area contributed by atoms with Gasteiger partial charge in [0.1, 0.15) is 11.3 Å². The zero-order valence-electron chi connectivity index (χ0n) is 11.1. The molecule has 0 unspecified atom stereocenters. The maximum absolute atomic E-state index is 6.07. The Morgan fingerprint density at radius 1 is 1.25 bits per heavy atom. The lowest BCUT2D eigenvalue weighted by molar-refractivity contribution is 0.415. The molecule has 0 saturated carbocycles. The number of nitrogens with two attached hydrogens (primary N) is 1. The van der Waals surface area contributed by atoms with E-state index in [1.165, 1.54) is 0 Å². The molecule has 0 aliphatic carbocycles. The van der Waals surface area contributed by atoms with Crippen LogP contribution in [0.2, 0.25) is 5.02 Å². The molecule has 0 fully saturated rings. The maximum Gasteiger partial charge on any atom is 0.231 e. The number of halogens is 1. The van der Waals surface area contributed by atoms with Crippen molar-refractivity contribution in [3.63, 3.8) is 0 Å². The van der Waals surface area contributed by atoms with Crippen LogP contribution >= 0.6 is 11.6 Å². The topological polar surface area (TPSA) is 61.3 Å². The summed E-state index contributed by atoms with van der Waals surface area (Å²) < 4.78 is 11.1. The van der Waals surface area contributed by atoms with Crippen molar-refractivity contribution in [2.45, 2.75) is 6.92 Å². The highest BCUT2D eigenvalue weighted by Crippen LogP contribution is 2.36. The number of benzene rings is 2. The molecule has 2 aromatic carbocycles. The first kappa shape index (κ1) is 12.8. The normalized spacial score (nSPS) is 10.9. The molecule has 2 N–H and O–H groups in total. The Labute approximate surface area is 121 Å². The summed E-state index contributed by atoms with van der Waals surface area (Å²) in [5.74, 6) is 1.04. The van der Waals surface area contributed by atoms with Gasteiger partial charge in [0.15, 0.2) is 5.58 Å². The van der Waals surface area contributed by atoms with E-state index in [4.69, 9.17) is 26.5 Å². The summed E-state index contributed by atoms with van der Waals surface area (Å²) in [4.78, 5) is 4.46. The zero-order valence-corrected chi connectivity index (χ0v) is 11.9. The largest absolute Gasteiger partial charge is 0.496 e. The van der Waals surface area contributed by atoms with Crippen LogP contribution in [0.15, 0.2) is 34.7 Å². The number of ether oxygens (including phenoxy) is 1. The Morgan fingerprint density at radius 2 is 2.05 bits per heavy atom. The lowest BCUT2D eigenvalue weighted by atomic mass is 10.2. The number of fused-ring (bicyclic) bond motifs is 1. The standard InChI is InChI=1S/C15H13ClN2O2/c1-8-3-4-12-14(5-8)20-15(18-12)9-6-10(16)11(17)7-13(9)19-2/h3-7H,17H2,1-2H3. The first-order valence-corrected chi connectivity index (χ1v) is 6.47. The fourth-order valence-corrected chi connectivity index (χ4v) is 2.22. The number of hydrogen-bond acceptors (Lipinski definition) is 4. The van der Waals surface area contributed by atoms with Gasteiger partial charge in [0.2, 0.25) is 5.89 Å². The van der Waals surface area contributed by atoms with Gasteiger partial charge in [-0.15, -0.1) is 0 Å². The lowest BCUT2D eigenvalue weighted by Crippen LogP contribution is -1.93. The average molecular weight is 289 g/mol. The minimum absolute atomic E-state index is 0.444. The number of oxazole rings is 1. The molecule has 5 heteroatoms. The average Bonchev–Trinajstić information content (AvgIpc) is 2.84. The van der Waals surface area contributed by atoms with Crippen molar-refractivity contribution >= 4 is 28.4 Å². The van der Waals surface area contributed by atoms with Crippen molar-refractivity contribution < 1.29 is 9.15 Å². The number of anilines is 1. The van der Waals surface area contributed by atoms with Crippen LogP contribution in [0.4, 0.5) is 5.69 Å². The van der Waals surface area contributed by atoms with E-state index >= 15 is 0 Å². The summed E-state index contributed by atoms with van der Waals surface area (Å²) in [6.07, 6.45) is 0. The molecule has 0 amide bonds. The van der Waals surface area contributed by atoms with Crippen LogP contribution in [0, 0.1) is 6.92 Å². The SMILES string of the molecule is COc1cc(N)c(Cl)cc1-c1nc2ccc(C)cc2o1. The summed E-state index contributed by atoms with van der Waals surface area (Å²) in [6, 6.07) is 9.22. The summed E-state index contributed by atoms with van der Waals surface area (Å²) in [6.45, 7) is 2.00. The van der Waals surface area contributed by atoms with Gasteiger partial charge in [0, 0.05) is 6.07 Å². The molecule has 0 atom stereocenters. The van der Waals surface area contributed by atoms with E-state index < -0.39 is 0 Å². The van der Waals surface area contributed by atoms with Gasteiger partial charge in [-0.25, -0.2) is 4.98 Å². The Bertz CT molecular complexity index is 796. The summed E-state index contributed by atoms with van der Waals surface area (Å²) >= 11 is 6.07. The number of nitrogen functional groups attached to an aromatic ring is 1. The molecule has 1 heterocycles. The number of hydrogen-bond donors (Lipinski definition) is 1. The molecular weight excluding hydrogens is 276 g/mol. The van der Waals surface area contributed by atoms with Gasteiger partial charge in [-0.05, 0) is 30.7 Å². The number of aryl methyl sites for hydroxylation is 1. The zero-order chi connectivity index (χ0) is 14.3. The van der Waals surface area contributed by atoms with E-state index in [0.29, 0.717) is 27.9 Å². The molecule has 20 heavy (non-hydrogen) atoms. The fraction of sp³-hybridized carbons (Fsp3) is 0.133. The van der Waals surface area contributed by atoms with Crippen LogP contribution in [-0.4, -0.2) is 12.1 Å². The summed E-state index contributed by atoms with van der Waals surface area (Å²) in [7, 11) is 1.57. The second-order valence-corrected chi connectivity index (χ2v) is 4.97. The van der Waals surface area contributed by atoms with Crippen molar-refractivity contribution in [3.05, 3.63) is 40.9 Å². The predicted molar refractivity (Wildman–Crippen MR) is 80.2 cm³/mol. The van der Waals surface area contributed by atoms with E-state index in [-0.39, 0.29) is 0 Å². The lowest BCUT2D eigenvalue weighted by Gasteiger charge is -2.07. The smallest absolute Gasteiger partial charge is 0.231 e. The number of nitrogens with zero attached hydrogens (tertiary/aromatic N) is 1. The Balaban J connectivity index is 2.22. The Kier molecular flexibility index (Phi) is 3.03. The summed E-state index contributed by atoms with van der Waals surface area (Å²) in [5, 5.41) is 0.444. The highest BCUT2D eigenvalue weighted by molar-refractivity contribution is 6.33. The fourth-order valence-electron chi connectivity index (χ4n) is 2.05. The van der Waals surface area contributed by atoms with Crippen molar-refractivity contribution in [1.82, 2.24) is 4.98 Å². The quantitative estimate of drug-likeness (QED) is 0.723. The van der Waals surface area contributed by atoms with E-state index in [1.54, 1.807) is 19.2 Å². The van der Waals surface area contributed by atoms with E-state index in [9.17, 15) is 0 Å². The minimum atomic E-state index is 0.444. The molecular formula is C15H13ClN2O2. The van der Waals surface area contributed by atoms with Crippen LogP contribution in [0.5, 0.6) is 5.75 Å². The molecule has 1 aromatic heterocycles. The van der Waals surface area contributed by atoms with Crippen molar-refractivity contribution in [2.75, 3.05) is 12.8 Å². The Morgan fingerprint density at radius 3 is 2.80 bits per heavy atom. The minimum Gasteiger partial charge on any atom is -0.496 e. The van der Waals surface area contributed by atoms with Crippen LogP contribution in [0.25, 0.3) is 22.6 Å². The van der Waals surface area contributed by atoms with Gasteiger partial charge in [0.05, 0.1) is 23.4 Å². The molecule has 0 saturated heterocycles. The van der Waals surface area contributed by atoms with Crippen LogP contribution < -0.4 is 10.5 Å². The first-order valence-electron chi connectivity index (χ1n) is 6.09. The molecule has 3 rings (SSSR count). The van der Waals surface area contributed by atoms with Crippen LogP contribution in [-0.2, 0) is 0 Å². The highest BCUT2D eigenvalue weighted by Gasteiger charge is 2.15. The van der Waals surface area contributed by atoms with Gasteiger partial charge in [0.25, 0.3) is 0 Å². The second kappa shape index (κ2) is 4.72. The molecule has 4 nitrogen and oxygen atoms in total. The van der Waals surface area contributed by atoms with E-state index in [2.05, 4.69) is 4.98 Å². The van der Waals surface area contributed by atoms with Crippen LogP contribution in [0.3, 0.4) is 0 Å². The van der Waals surface area contributed by atoms with Gasteiger partial charge in [-0.1, -0.05) is 17.7 Å². The third kappa shape index (κ3) is 2.08.